The normalized spacial score (nSPS) is 28.4. The molecule has 2 atom stereocenters. The number of benzene rings is 1. The molecule has 0 saturated carbocycles. The molecule has 2 N–H and O–H groups in total. The molecule has 0 fully saturated rings. The van der Waals surface area contributed by atoms with Crippen LogP contribution in [0.3, 0.4) is 0 Å². The molecule has 0 aromatic heterocycles. The quantitative estimate of drug-likeness (QED) is 0.829. The molecule has 1 aliphatic rings. The summed E-state index contributed by atoms with van der Waals surface area (Å²) in [5.74, 6) is 0.689. The van der Waals surface area contributed by atoms with Crippen LogP contribution in [-0.4, -0.2) is 5.60 Å². The lowest BCUT2D eigenvalue weighted by Gasteiger charge is -2.38. The van der Waals surface area contributed by atoms with E-state index in [1.807, 2.05) is 6.07 Å². The molecule has 2 rings (SSSR count). The Bertz CT molecular complexity index is 422. The van der Waals surface area contributed by atoms with Crippen LogP contribution in [0.2, 0.25) is 10.0 Å². The molecule has 16 heavy (non-hydrogen) atoms. The molecule has 0 aliphatic carbocycles. The number of fused-ring (bicyclic) bond motifs is 1. The molecule has 2 nitrogen and oxygen atoms in total. The van der Waals surface area contributed by atoms with E-state index in [-0.39, 0.29) is 11.6 Å². The van der Waals surface area contributed by atoms with E-state index in [0.29, 0.717) is 15.8 Å². The minimum Gasteiger partial charge on any atom is -0.486 e. The van der Waals surface area contributed by atoms with Gasteiger partial charge in [-0.2, -0.15) is 0 Å². The molecule has 0 radical (unpaired) electrons. The first-order valence-electron chi connectivity index (χ1n) is 5.39. The van der Waals surface area contributed by atoms with Crippen LogP contribution in [0.5, 0.6) is 5.75 Å². The van der Waals surface area contributed by atoms with Crippen molar-refractivity contribution in [1.82, 2.24) is 0 Å². The fraction of sp³-hybridized carbons (Fsp3) is 0.500. The molecule has 1 aromatic rings. The van der Waals surface area contributed by atoms with Gasteiger partial charge in [0.1, 0.15) is 11.4 Å². The van der Waals surface area contributed by atoms with Crippen LogP contribution < -0.4 is 10.5 Å². The Labute approximate surface area is 106 Å². The molecule has 1 aliphatic heterocycles. The average molecular weight is 260 g/mol. The van der Waals surface area contributed by atoms with Crippen molar-refractivity contribution in [2.75, 3.05) is 0 Å². The Kier molecular flexibility index (Phi) is 3.08. The largest absolute Gasteiger partial charge is 0.486 e. The number of ether oxygens (including phenoxy) is 1. The number of rotatable bonds is 1. The lowest BCUT2D eigenvalue weighted by molar-refractivity contribution is 0.0504. The summed E-state index contributed by atoms with van der Waals surface area (Å²) in [6, 6.07) is 3.46. The fourth-order valence-corrected chi connectivity index (χ4v) is 2.59. The van der Waals surface area contributed by atoms with E-state index < -0.39 is 0 Å². The molecule has 1 aromatic carbocycles. The van der Waals surface area contributed by atoms with Gasteiger partial charge in [-0.05, 0) is 25.5 Å². The minimum atomic E-state index is -0.232. The highest BCUT2D eigenvalue weighted by Crippen LogP contribution is 2.44. The Morgan fingerprint density at radius 1 is 1.50 bits per heavy atom. The third-order valence-corrected chi connectivity index (χ3v) is 3.68. The highest BCUT2D eigenvalue weighted by Gasteiger charge is 2.35. The fourth-order valence-electron chi connectivity index (χ4n) is 2.04. The monoisotopic (exact) mass is 259 g/mol. The molecule has 4 heteroatoms. The van der Waals surface area contributed by atoms with Crippen LogP contribution in [0, 0.1) is 0 Å². The van der Waals surface area contributed by atoms with Crippen molar-refractivity contribution >= 4 is 23.2 Å². The molecule has 2 unspecified atom stereocenters. The van der Waals surface area contributed by atoms with Gasteiger partial charge >= 0.3 is 0 Å². The van der Waals surface area contributed by atoms with Crippen molar-refractivity contribution in [3.05, 3.63) is 27.7 Å². The summed E-state index contributed by atoms with van der Waals surface area (Å²) in [6.07, 6.45) is 1.69. The van der Waals surface area contributed by atoms with Gasteiger partial charge in [-0.15, -0.1) is 0 Å². The van der Waals surface area contributed by atoms with E-state index in [4.69, 9.17) is 33.7 Å². The van der Waals surface area contributed by atoms with Crippen LogP contribution in [0.25, 0.3) is 0 Å². The van der Waals surface area contributed by atoms with Gasteiger partial charge in [0.05, 0.1) is 5.02 Å². The molecule has 0 saturated heterocycles. The predicted octanol–water partition coefficient (Wildman–Crippen LogP) is 3.94. The molecular formula is C12H15Cl2NO. The summed E-state index contributed by atoms with van der Waals surface area (Å²) in [6.45, 7) is 4.14. The summed E-state index contributed by atoms with van der Waals surface area (Å²) in [4.78, 5) is 0. The molecule has 0 bridgehead atoms. The topological polar surface area (TPSA) is 35.2 Å². The van der Waals surface area contributed by atoms with E-state index in [1.54, 1.807) is 6.07 Å². The van der Waals surface area contributed by atoms with Crippen LogP contribution in [0.4, 0.5) is 0 Å². The van der Waals surface area contributed by atoms with Crippen molar-refractivity contribution < 1.29 is 4.74 Å². The number of hydrogen-bond donors (Lipinski definition) is 1. The van der Waals surface area contributed by atoms with Crippen molar-refractivity contribution in [1.29, 1.82) is 0 Å². The Morgan fingerprint density at radius 2 is 2.19 bits per heavy atom. The third-order valence-electron chi connectivity index (χ3n) is 3.18. The maximum atomic E-state index is 6.14. The van der Waals surface area contributed by atoms with Crippen LogP contribution >= 0.6 is 23.2 Å². The second-order valence-corrected chi connectivity index (χ2v) is 5.37. The molecular weight excluding hydrogens is 245 g/mol. The van der Waals surface area contributed by atoms with E-state index in [9.17, 15) is 0 Å². The minimum absolute atomic E-state index is 0.0649. The highest BCUT2D eigenvalue weighted by molar-refractivity contribution is 6.35. The molecule has 0 amide bonds. The summed E-state index contributed by atoms with van der Waals surface area (Å²) in [5, 5.41) is 1.14. The van der Waals surface area contributed by atoms with Crippen LogP contribution in [0.15, 0.2) is 12.1 Å². The average Bonchev–Trinajstić information content (AvgIpc) is 2.20. The summed E-state index contributed by atoms with van der Waals surface area (Å²) in [7, 11) is 0. The van der Waals surface area contributed by atoms with Crippen molar-refractivity contribution in [2.24, 2.45) is 5.73 Å². The van der Waals surface area contributed by atoms with Crippen LogP contribution in [0.1, 0.15) is 38.3 Å². The van der Waals surface area contributed by atoms with E-state index in [1.165, 1.54) is 0 Å². The lowest BCUT2D eigenvalue weighted by atomic mass is 9.87. The molecule has 1 heterocycles. The number of hydrogen-bond acceptors (Lipinski definition) is 2. The summed E-state index contributed by atoms with van der Waals surface area (Å²) in [5.41, 5.74) is 6.81. The maximum Gasteiger partial charge on any atom is 0.143 e. The number of halogens is 2. The first-order chi connectivity index (χ1) is 7.45. The van der Waals surface area contributed by atoms with Gasteiger partial charge in [0.15, 0.2) is 0 Å². The molecule has 88 valence electrons. The van der Waals surface area contributed by atoms with E-state index >= 15 is 0 Å². The first-order valence-corrected chi connectivity index (χ1v) is 6.14. The first kappa shape index (κ1) is 12.0. The Hall–Kier alpha value is -0.440. The summed E-state index contributed by atoms with van der Waals surface area (Å²) < 4.78 is 5.95. The number of nitrogens with two attached hydrogens (primary N) is 1. The smallest absolute Gasteiger partial charge is 0.143 e. The van der Waals surface area contributed by atoms with Crippen LogP contribution in [-0.2, 0) is 0 Å². The van der Waals surface area contributed by atoms with Crippen molar-refractivity contribution in [3.8, 4) is 5.75 Å². The Balaban J connectivity index is 2.50. The van der Waals surface area contributed by atoms with Gasteiger partial charge < -0.3 is 10.5 Å². The summed E-state index contributed by atoms with van der Waals surface area (Å²) >= 11 is 12.1. The maximum absolute atomic E-state index is 6.14. The Morgan fingerprint density at radius 3 is 2.81 bits per heavy atom. The van der Waals surface area contributed by atoms with Gasteiger partial charge in [0.25, 0.3) is 0 Å². The second-order valence-electron chi connectivity index (χ2n) is 4.52. The van der Waals surface area contributed by atoms with E-state index in [2.05, 4.69) is 13.8 Å². The van der Waals surface area contributed by atoms with Gasteiger partial charge in [-0.1, -0.05) is 30.1 Å². The van der Waals surface area contributed by atoms with Crippen molar-refractivity contribution in [2.45, 2.75) is 38.3 Å². The zero-order valence-electron chi connectivity index (χ0n) is 9.39. The molecule has 0 spiro atoms. The SMILES string of the molecule is CCC1(C)CC(N)c2cc(Cl)cc(Cl)c2O1. The van der Waals surface area contributed by atoms with Gasteiger partial charge in [0.2, 0.25) is 0 Å². The van der Waals surface area contributed by atoms with Gasteiger partial charge in [0, 0.05) is 23.0 Å². The van der Waals surface area contributed by atoms with Crippen molar-refractivity contribution in [3.63, 3.8) is 0 Å². The predicted molar refractivity (Wildman–Crippen MR) is 67.3 cm³/mol. The zero-order valence-corrected chi connectivity index (χ0v) is 10.9. The second kappa shape index (κ2) is 4.10. The highest BCUT2D eigenvalue weighted by atomic mass is 35.5. The zero-order chi connectivity index (χ0) is 11.9. The standard InChI is InChI=1S/C12H15Cl2NO/c1-3-12(2)6-10(15)8-4-7(13)5-9(14)11(8)16-12/h4-5,10H,3,6,15H2,1-2H3. The third kappa shape index (κ3) is 2.02. The lowest BCUT2D eigenvalue weighted by Crippen LogP contribution is -2.39. The van der Waals surface area contributed by atoms with E-state index in [0.717, 1.165) is 18.4 Å². The van der Waals surface area contributed by atoms with Gasteiger partial charge in [-0.25, -0.2) is 0 Å². The van der Waals surface area contributed by atoms with Gasteiger partial charge in [-0.3, -0.25) is 0 Å².